The first kappa shape index (κ1) is 18.5. The van der Waals surface area contributed by atoms with E-state index in [4.69, 9.17) is 21.1 Å². The van der Waals surface area contributed by atoms with Gasteiger partial charge in [-0.25, -0.2) is 4.79 Å². The number of esters is 1. The van der Waals surface area contributed by atoms with Crippen LogP contribution in [0.25, 0.3) is 6.08 Å². The van der Waals surface area contributed by atoms with Gasteiger partial charge in [-0.3, -0.25) is 4.79 Å². The second-order valence-corrected chi connectivity index (χ2v) is 5.62. The van der Waals surface area contributed by atoms with Gasteiger partial charge in [-0.1, -0.05) is 29.8 Å². The molecule has 0 spiro atoms. The van der Waals surface area contributed by atoms with Gasteiger partial charge < -0.3 is 14.8 Å². The maximum Gasteiger partial charge on any atom is 0.331 e. The zero-order valence-corrected chi connectivity index (χ0v) is 14.6. The molecule has 0 heterocycles. The predicted molar refractivity (Wildman–Crippen MR) is 97.7 cm³/mol. The molecule has 1 N–H and O–H groups in total. The minimum Gasteiger partial charge on any atom is -0.497 e. The number of hydrogen-bond donors (Lipinski definition) is 1. The number of halogens is 1. The van der Waals surface area contributed by atoms with Gasteiger partial charge >= 0.3 is 5.97 Å². The molecule has 2 aromatic rings. The molecule has 25 heavy (non-hydrogen) atoms. The van der Waals surface area contributed by atoms with Crippen molar-refractivity contribution in [2.75, 3.05) is 12.4 Å². The van der Waals surface area contributed by atoms with Gasteiger partial charge in [0, 0.05) is 22.9 Å². The van der Waals surface area contributed by atoms with E-state index in [2.05, 4.69) is 5.32 Å². The van der Waals surface area contributed by atoms with Crippen molar-refractivity contribution in [3.8, 4) is 5.75 Å². The zero-order chi connectivity index (χ0) is 18.2. The number of benzene rings is 2. The highest BCUT2D eigenvalue weighted by molar-refractivity contribution is 6.30. The maximum absolute atomic E-state index is 12.1. The molecule has 2 aromatic carbocycles. The number of carbonyl (C=O) groups is 2. The average Bonchev–Trinajstić information content (AvgIpc) is 2.61. The summed E-state index contributed by atoms with van der Waals surface area (Å²) in [6, 6.07) is 13.9. The SMILES string of the molecule is COc1cccc(NC(=O)[C@@H](C)OC(=O)/C=C/c2ccc(Cl)cc2)c1. The summed E-state index contributed by atoms with van der Waals surface area (Å²) >= 11 is 5.80. The fourth-order valence-corrected chi connectivity index (χ4v) is 2.08. The van der Waals surface area contributed by atoms with Crippen LogP contribution in [0.5, 0.6) is 5.75 Å². The van der Waals surface area contributed by atoms with Gasteiger partial charge in [-0.05, 0) is 42.8 Å². The fraction of sp³-hybridized carbons (Fsp3) is 0.158. The first-order chi connectivity index (χ1) is 12.0. The molecule has 130 valence electrons. The Hall–Kier alpha value is -2.79. The van der Waals surface area contributed by atoms with Crippen LogP contribution >= 0.6 is 11.6 Å². The van der Waals surface area contributed by atoms with Gasteiger partial charge in [0.05, 0.1) is 7.11 Å². The summed E-state index contributed by atoms with van der Waals surface area (Å²) in [6.45, 7) is 1.50. The highest BCUT2D eigenvalue weighted by atomic mass is 35.5. The van der Waals surface area contributed by atoms with Gasteiger partial charge in [-0.2, -0.15) is 0 Å². The van der Waals surface area contributed by atoms with E-state index in [1.807, 2.05) is 0 Å². The molecule has 2 rings (SSSR count). The molecule has 0 unspecified atom stereocenters. The van der Waals surface area contributed by atoms with Gasteiger partial charge in [0.25, 0.3) is 5.91 Å². The minimum absolute atomic E-state index is 0.429. The lowest BCUT2D eigenvalue weighted by atomic mass is 10.2. The molecule has 5 nitrogen and oxygen atoms in total. The third kappa shape index (κ3) is 5.97. The molecule has 0 fully saturated rings. The topological polar surface area (TPSA) is 64.6 Å². The quantitative estimate of drug-likeness (QED) is 0.627. The van der Waals surface area contributed by atoms with Crippen LogP contribution in [0.3, 0.4) is 0 Å². The lowest BCUT2D eigenvalue weighted by Gasteiger charge is -2.12. The van der Waals surface area contributed by atoms with E-state index in [1.54, 1.807) is 61.7 Å². The Bertz CT molecular complexity index is 771. The summed E-state index contributed by atoms with van der Waals surface area (Å²) in [5, 5.41) is 3.28. The Morgan fingerprint density at radius 1 is 1.16 bits per heavy atom. The first-order valence-corrected chi connectivity index (χ1v) is 7.95. The normalized spacial score (nSPS) is 11.8. The largest absolute Gasteiger partial charge is 0.497 e. The Morgan fingerprint density at radius 3 is 2.56 bits per heavy atom. The molecule has 0 radical (unpaired) electrons. The van der Waals surface area contributed by atoms with Gasteiger partial charge in [0.2, 0.25) is 0 Å². The van der Waals surface area contributed by atoms with Crippen LogP contribution in [0, 0.1) is 0 Å². The van der Waals surface area contributed by atoms with Crippen molar-refractivity contribution < 1.29 is 19.1 Å². The Kier molecular flexibility index (Phi) is 6.60. The van der Waals surface area contributed by atoms with E-state index in [0.717, 1.165) is 5.56 Å². The number of anilines is 1. The average molecular weight is 360 g/mol. The second-order valence-electron chi connectivity index (χ2n) is 5.19. The third-order valence-electron chi connectivity index (χ3n) is 3.28. The van der Waals surface area contributed by atoms with Crippen molar-refractivity contribution in [1.29, 1.82) is 0 Å². The number of hydrogen-bond acceptors (Lipinski definition) is 4. The lowest BCUT2D eigenvalue weighted by Crippen LogP contribution is -2.29. The predicted octanol–water partition coefficient (Wildman–Crippen LogP) is 3.93. The summed E-state index contributed by atoms with van der Waals surface area (Å²) < 4.78 is 10.2. The van der Waals surface area contributed by atoms with E-state index in [-0.39, 0.29) is 0 Å². The van der Waals surface area contributed by atoms with Crippen LogP contribution in [0.1, 0.15) is 12.5 Å². The maximum atomic E-state index is 12.1. The monoisotopic (exact) mass is 359 g/mol. The lowest BCUT2D eigenvalue weighted by molar-refractivity contribution is -0.148. The molecule has 0 aliphatic rings. The first-order valence-electron chi connectivity index (χ1n) is 7.57. The van der Waals surface area contributed by atoms with Crippen LogP contribution in [0.15, 0.2) is 54.6 Å². The van der Waals surface area contributed by atoms with Crippen LogP contribution in [-0.4, -0.2) is 25.1 Å². The van der Waals surface area contributed by atoms with E-state index in [0.29, 0.717) is 16.5 Å². The molecule has 0 bridgehead atoms. The molecule has 0 saturated heterocycles. The molecular weight excluding hydrogens is 342 g/mol. The number of nitrogens with one attached hydrogen (secondary N) is 1. The number of ether oxygens (including phenoxy) is 2. The van der Waals surface area contributed by atoms with E-state index in [1.165, 1.54) is 13.0 Å². The van der Waals surface area contributed by atoms with E-state index >= 15 is 0 Å². The molecule has 6 heteroatoms. The minimum atomic E-state index is -0.937. The molecule has 0 aromatic heterocycles. The highest BCUT2D eigenvalue weighted by Gasteiger charge is 2.16. The summed E-state index contributed by atoms with van der Waals surface area (Å²) in [7, 11) is 1.54. The molecule has 1 atom stereocenters. The zero-order valence-electron chi connectivity index (χ0n) is 13.9. The van der Waals surface area contributed by atoms with Crippen molar-refractivity contribution >= 4 is 35.2 Å². The van der Waals surface area contributed by atoms with E-state index < -0.39 is 18.0 Å². The Labute approximate surface area is 151 Å². The van der Waals surface area contributed by atoms with Gasteiger partial charge in [-0.15, -0.1) is 0 Å². The van der Waals surface area contributed by atoms with Crippen molar-refractivity contribution in [1.82, 2.24) is 0 Å². The standard InChI is InChI=1S/C19H18ClNO4/c1-13(19(23)21-16-4-3-5-17(12-16)24-2)25-18(22)11-8-14-6-9-15(20)10-7-14/h3-13H,1-2H3,(H,21,23)/b11-8+/t13-/m1/s1. The number of methoxy groups -OCH3 is 1. The summed E-state index contributed by atoms with van der Waals surface area (Å²) in [5.74, 6) is -0.418. The smallest absolute Gasteiger partial charge is 0.331 e. The number of amides is 1. The molecule has 0 aliphatic carbocycles. The van der Waals surface area contributed by atoms with Crippen LogP contribution in [-0.2, 0) is 14.3 Å². The van der Waals surface area contributed by atoms with Gasteiger partial charge in [0.15, 0.2) is 6.10 Å². The van der Waals surface area contributed by atoms with E-state index in [9.17, 15) is 9.59 Å². The second kappa shape index (κ2) is 8.89. The fourth-order valence-electron chi connectivity index (χ4n) is 1.95. The van der Waals surface area contributed by atoms with Gasteiger partial charge in [0.1, 0.15) is 5.75 Å². The van der Waals surface area contributed by atoms with Crippen LogP contribution in [0.2, 0.25) is 5.02 Å². The van der Waals surface area contributed by atoms with Crippen molar-refractivity contribution in [2.45, 2.75) is 13.0 Å². The number of carbonyl (C=O) groups excluding carboxylic acids is 2. The molecule has 0 saturated carbocycles. The van der Waals surface area contributed by atoms with Crippen molar-refractivity contribution in [2.24, 2.45) is 0 Å². The van der Waals surface area contributed by atoms with Crippen LogP contribution in [0.4, 0.5) is 5.69 Å². The van der Waals surface area contributed by atoms with Crippen molar-refractivity contribution in [3.05, 3.63) is 65.2 Å². The molecule has 0 aliphatic heterocycles. The summed E-state index contributed by atoms with van der Waals surface area (Å²) in [5.41, 5.74) is 1.36. The van der Waals surface area contributed by atoms with Crippen molar-refractivity contribution in [3.63, 3.8) is 0 Å². The molecule has 1 amide bonds. The Morgan fingerprint density at radius 2 is 1.88 bits per heavy atom. The van der Waals surface area contributed by atoms with Crippen LogP contribution < -0.4 is 10.1 Å². The highest BCUT2D eigenvalue weighted by Crippen LogP contribution is 2.17. The third-order valence-corrected chi connectivity index (χ3v) is 3.53. The summed E-state index contributed by atoms with van der Waals surface area (Å²) in [6.07, 6.45) is 1.91. The number of rotatable bonds is 6. The molecular formula is C19H18ClNO4. The Balaban J connectivity index is 1.89. The summed E-state index contributed by atoms with van der Waals surface area (Å²) in [4.78, 5) is 23.9.